The van der Waals surface area contributed by atoms with E-state index < -0.39 is 32.6 Å². The van der Waals surface area contributed by atoms with E-state index in [-0.39, 0.29) is 5.41 Å². The lowest BCUT2D eigenvalue weighted by atomic mass is 9.68. The summed E-state index contributed by atoms with van der Waals surface area (Å²) in [7, 11) is -1.57. The van der Waals surface area contributed by atoms with Crippen LogP contribution in [0.2, 0.25) is 13.1 Å². The standard InChI is InChI=1S/C30H38N2O4SSi/c1-29(2,3)30(36-38(5)6,22-14-17-31-18-15-22)23-12-13-24(25(20-23)21-10-8-7-9-11-21)27(33)32-26(28(34)35)16-19-37-4/h7-15,17-18,20,26,38H,16,19H2,1-6H3,(H,32,33)(H,34,35)/t26-,30?/m0/s1. The summed E-state index contributed by atoms with van der Waals surface area (Å²) in [5.41, 5.74) is 2.84. The molecule has 0 aliphatic rings. The summed E-state index contributed by atoms with van der Waals surface area (Å²) in [5.74, 6) is -0.809. The molecule has 2 atom stereocenters. The molecular formula is C30H38N2O4SSi. The van der Waals surface area contributed by atoms with E-state index in [0.717, 1.165) is 22.3 Å². The van der Waals surface area contributed by atoms with Gasteiger partial charge in [0.1, 0.15) is 11.6 Å². The lowest BCUT2D eigenvalue weighted by Gasteiger charge is -2.47. The molecule has 0 aliphatic carbocycles. The highest BCUT2D eigenvalue weighted by Gasteiger charge is 2.47. The minimum Gasteiger partial charge on any atom is -0.480 e. The summed E-state index contributed by atoms with van der Waals surface area (Å²) in [6, 6.07) is 18.5. The minimum absolute atomic E-state index is 0.338. The summed E-state index contributed by atoms with van der Waals surface area (Å²) in [4.78, 5) is 29.6. The second kappa shape index (κ2) is 12.7. The lowest BCUT2D eigenvalue weighted by Crippen LogP contribution is -2.46. The molecule has 202 valence electrons. The Kier molecular flexibility index (Phi) is 9.92. The Bertz CT molecular complexity index is 1230. The van der Waals surface area contributed by atoms with E-state index in [2.05, 4.69) is 44.2 Å². The van der Waals surface area contributed by atoms with Crippen LogP contribution in [0.5, 0.6) is 0 Å². The predicted molar refractivity (Wildman–Crippen MR) is 158 cm³/mol. The second-order valence-electron chi connectivity index (χ2n) is 10.6. The van der Waals surface area contributed by atoms with Gasteiger partial charge in [-0.25, -0.2) is 4.79 Å². The number of carboxylic acids is 1. The number of amides is 1. The third-order valence-electron chi connectivity index (χ3n) is 6.53. The van der Waals surface area contributed by atoms with Crippen molar-refractivity contribution in [2.45, 2.75) is 51.9 Å². The van der Waals surface area contributed by atoms with Crippen molar-refractivity contribution in [3.8, 4) is 11.1 Å². The van der Waals surface area contributed by atoms with Crippen LogP contribution in [0.25, 0.3) is 11.1 Å². The fraction of sp³-hybridized carbons (Fsp3) is 0.367. The van der Waals surface area contributed by atoms with Gasteiger partial charge in [0.25, 0.3) is 5.91 Å². The van der Waals surface area contributed by atoms with Crippen molar-refractivity contribution in [1.29, 1.82) is 0 Å². The van der Waals surface area contributed by atoms with E-state index in [1.165, 1.54) is 0 Å². The molecule has 0 radical (unpaired) electrons. The van der Waals surface area contributed by atoms with Crippen molar-refractivity contribution in [3.05, 3.63) is 89.7 Å². The molecule has 8 heteroatoms. The SMILES string of the molecule is CSCC[C@H](NC(=O)c1ccc(C(O[SiH](C)C)(c2ccncc2)C(C)(C)C)cc1-c1ccccc1)C(=O)O. The number of thioether (sulfide) groups is 1. The summed E-state index contributed by atoms with van der Waals surface area (Å²) in [6.45, 7) is 10.8. The van der Waals surface area contributed by atoms with Gasteiger partial charge in [0.05, 0.1) is 0 Å². The molecule has 2 N–H and O–H groups in total. The van der Waals surface area contributed by atoms with E-state index in [1.54, 1.807) is 30.2 Å². The van der Waals surface area contributed by atoms with Crippen molar-refractivity contribution in [3.63, 3.8) is 0 Å². The van der Waals surface area contributed by atoms with Crippen LogP contribution in [0, 0.1) is 5.41 Å². The quantitative estimate of drug-likeness (QED) is 0.286. The van der Waals surface area contributed by atoms with Gasteiger partial charge in [-0.15, -0.1) is 0 Å². The second-order valence-corrected chi connectivity index (χ2v) is 13.9. The maximum absolute atomic E-state index is 13.5. The van der Waals surface area contributed by atoms with Gasteiger partial charge < -0.3 is 14.8 Å². The molecule has 3 aromatic rings. The van der Waals surface area contributed by atoms with E-state index in [4.69, 9.17) is 4.43 Å². The molecule has 1 aromatic heterocycles. The van der Waals surface area contributed by atoms with Crippen LogP contribution in [-0.4, -0.2) is 49.1 Å². The molecular weight excluding hydrogens is 512 g/mol. The summed E-state index contributed by atoms with van der Waals surface area (Å²) in [6.07, 6.45) is 5.82. The summed E-state index contributed by atoms with van der Waals surface area (Å²) < 4.78 is 6.94. The van der Waals surface area contributed by atoms with Crippen LogP contribution in [0.4, 0.5) is 0 Å². The Hall–Kier alpha value is -2.94. The Morgan fingerprint density at radius 3 is 2.24 bits per heavy atom. The molecule has 6 nitrogen and oxygen atoms in total. The van der Waals surface area contributed by atoms with Crippen LogP contribution in [0.15, 0.2) is 73.1 Å². The minimum atomic E-state index is -1.57. The van der Waals surface area contributed by atoms with Crippen LogP contribution in [0.1, 0.15) is 48.7 Å². The summed E-state index contributed by atoms with van der Waals surface area (Å²) in [5, 5.41) is 12.4. The highest BCUT2D eigenvalue weighted by molar-refractivity contribution is 7.98. The number of carboxylic acid groups (broad SMARTS) is 1. The molecule has 0 fully saturated rings. The van der Waals surface area contributed by atoms with E-state index >= 15 is 0 Å². The van der Waals surface area contributed by atoms with Gasteiger partial charge in [0.2, 0.25) is 0 Å². The topological polar surface area (TPSA) is 88.5 Å². The molecule has 1 unspecified atom stereocenters. The Morgan fingerprint density at radius 1 is 1.03 bits per heavy atom. The number of carbonyl (C=O) groups excluding carboxylic acids is 1. The van der Waals surface area contributed by atoms with E-state index in [1.807, 2.05) is 60.9 Å². The van der Waals surface area contributed by atoms with Crippen molar-refractivity contribution in [2.75, 3.05) is 12.0 Å². The van der Waals surface area contributed by atoms with Gasteiger partial charge in [-0.2, -0.15) is 11.8 Å². The van der Waals surface area contributed by atoms with Crippen molar-refractivity contribution < 1.29 is 19.1 Å². The number of aliphatic carboxylic acids is 1. The molecule has 1 amide bonds. The summed E-state index contributed by atoms with van der Waals surface area (Å²) >= 11 is 1.55. The number of hydrogen-bond acceptors (Lipinski definition) is 5. The molecule has 3 rings (SSSR count). The van der Waals surface area contributed by atoms with E-state index in [0.29, 0.717) is 17.7 Å². The van der Waals surface area contributed by atoms with Crippen LogP contribution in [-0.2, 0) is 14.8 Å². The molecule has 1 heterocycles. The molecule has 0 bridgehead atoms. The Morgan fingerprint density at radius 2 is 1.68 bits per heavy atom. The van der Waals surface area contributed by atoms with Gasteiger partial charge in [0, 0.05) is 18.0 Å². The first kappa shape index (κ1) is 29.6. The Labute approximate surface area is 232 Å². The fourth-order valence-electron chi connectivity index (χ4n) is 4.83. The first-order valence-electron chi connectivity index (χ1n) is 12.8. The number of pyridine rings is 1. The van der Waals surface area contributed by atoms with Crippen molar-refractivity contribution >= 4 is 32.7 Å². The fourth-order valence-corrected chi connectivity index (χ4v) is 6.64. The zero-order valence-corrected chi connectivity index (χ0v) is 25.0. The first-order valence-corrected chi connectivity index (χ1v) is 17.0. The average molecular weight is 551 g/mol. The number of aromatic nitrogens is 1. The van der Waals surface area contributed by atoms with Crippen LogP contribution < -0.4 is 5.32 Å². The van der Waals surface area contributed by atoms with Crippen molar-refractivity contribution in [1.82, 2.24) is 10.3 Å². The monoisotopic (exact) mass is 550 g/mol. The third kappa shape index (κ3) is 6.54. The predicted octanol–water partition coefficient (Wildman–Crippen LogP) is 5.97. The van der Waals surface area contributed by atoms with Gasteiger partial charge in [-0.05, 0) is 83.5 Å². The number of benzene rings is 2. The average Bonchev–Trinajstić information content (AvgIpc) is 2.89. The largest absolute Gasteiger partial charge is 0.480 e. The molecule has 0 aliphatic heterocycles. The van der Waals surface area contributed by atoms with Crippen LogP contribution >= 0.6 is 11.8 Å². The lowest BCUT2D eigenvalue weighted by molar-refractivity contribution is -0.139. The zero-order valence-electron chi connectivity index (χ0n) is 23.0. The highest BCUT2D eigenvalue weighted by Crippen LogP contribution is 2.49. The number of nitrogens with zero attached hydrogens (tertiary/aromatic N) is 1. The molecule has 38 heavy (non-hydrogen) atoms. The van der Waals surface area contributed by atoms with E-state index in [9.17, 15) is 14.7 Å². The maximum Gasteiger partial charge on any atom is 0.326 e. The maximum atomic E-state index is 13.5. The number of carbonyl (C=O) groups is 2. The first-order chi connectivity index (χ1) is 18.0. The van der Waals surface area contributed by atoms with Gasteiger partial charge in [-0.3, -0.25) is 9.78 Å². The number of rotatable bonds is 11. The normalized spacial score (nSPS) is 14.1. The third-order valence-corrected chi connectivity index (χ3v) is 7.99. The molecule has 2 aromatic carbocycles. The molecule has 0 spiro atoms. The van der Waals surface area contributed by atoms with Gasteiger partial charge in [0.15, 0.2) is 9.04 Å². The number of hydrogen-bond donors (Lipinski definition) is 2. The smallest absolute Gasteiger partial charge is 0.326 e. The van der Waals surface area contributed by atoms with Crippen molar-refractivity contribution in [2.24, 2.45) is 5.41 Å². The molecule has 0 saturated heterocycles. The number of nitrogens with one attached hydrogen (secondary N) is 1. The highest BCUT2D eigenvalue weighted by atomic mass is 32.2. The Balaban J connectivity index is 2.23. The van der Waals surface area contributed by atoms with Crippen LogP contribution in [0.3, 0.4) is 0 Å². The van der Waals surface area contributed by atoms with Gasteiger partial charge in [-0.1, -0.05) is 57.2 Å². The molecule has 0 saturated carbocycles. The zero-order chi connectivity index (χ0) is 27.9. The van der Waals surface area contributed by atoms with Gasteiger partial charge >= 0.3 is 5.97 Å².